The molecular weight excluding hydrogens is 260 g/mol. The van der Waals surface area contributed by atoms with E-state index >= 15 is 0 Å². The van der Waals surface area contributed by atoms with E-state index in [-0.39, 0.29) is 5.91 Å². The molecule has 0 unspecified atom stereocenters. The van der Waals surface area contributed by atoms with Crippen LogP contribution in [-0.4, -0.2) is 33.7 Å². The van der Waals surface area contributed by atoms with Crippen molar-refractivity contribution in [2.75, 3.05) is 18.4 Å². The number of nitrogens with one attached hydrogen (secondary N) is 1. The van der Waals surface area contributed by atoms with Crippen molar-refractivity contribution in [1.29, 1.82) is 0 Å². The number of amides is 1. The van der Waals surface area contributed by atoms with Crippen molar-refractivity contribution in [3.8, 4) is 0 Å². The van der Waals surface area contributed by atoms with Crippen molar-refractivity contribution in [3.63, 3.8) is 0 Å². The third-order valence-corrected chi connectivity index (χ3v) is 4.32. The summed E-state index contributed by atoms with van der Waals surface area (Å²) in [5.74, 6) is 0.867. The van der Waals surface area contributed by atoms with Gasteiger partial charge in [-0.15, -0.1) is 11.3 Å². The lowest BCUT2D eigenvalue weighted by molar-refractivity contribution is -0.130. The number of hydrogen-bond donors (Lipinski definition) is 1. The fraction of sp³-hybridized carbons (Fsp3) is 0.385. The highest BCUT2D eigenvalue weighted by Crippen LogP contribution is 2.23. The van der Waals surface area contributed by atoms with E-state index in [0.29, 0.717) is 6.54 Å². The summed E-state index contributed by atoms with van der Waals surface area (Å²) in [6.07, 6.45) is 2.83. The minimum atomic E-state index is 0.127. The van der Waals surface area contributed by atoms with Gasteiger partial charge in [0, 0.05) is 37.3 Å². The predicted octanol–water partition coefficient (Wildman–Crippen LogP) is 1.48. The molecule has 19 heavy (non-hydrogen) atoms. The van der Waals surface area contributed by atoms with Crippen LogP contribution in [0.15, 0.2) is 23.7 Å². The summed E-state index contributed by atoms with van der Waals surface area (Å²) in [6.45, 7) is 1.86. The maximum absolute atomic E-state index is 12.1. The minimum absolute atomic E-state index is 0.127. The fourth-order valence-corrected chi connectivity index (χ4v) is 3.14. The summed E-state index contributed by atoms with van der Waals surface area (Å²) >= 11 is 1.79. The van der Waals surface area contributed by atoms with Gasteiger partial charge in [-0.05, 0) is 23.4 Å². The average Bonchev–Trinajstić information content (AvgIpc) is 3.03. The summed E-state index contributed by atoms with van der Waals surface area (Å²) in [4.78, 5) is 15.5. The summed E-state index contributed by atoms with van der Waals surface area (Å²) < 4.78 is 1.71. The zero-order chi connectivity index (χ0) is 13.2. The number of hydrogen-bond acceptors (Lipinski definition) is 4. The van der Waals surface area contributed by atoms with E-state index in [4.69, 9.17) is 0 Å². The average molecular weight is 276 g/mol. The molecule has 5 nitrogen and oxygen atoms in total. The largest absolute Gasteiger partial charge is 0.360 e. The molecule has 0 aliphatic carbocycles. The van der Waals surface area contributed by atoms with Crippen LogP contribution in [-0.2, 0) is 24.8 Å². The van der Waals surface area contributed by atoms with Crippen molar-refractivity contribution in [3.05, 3.63) is 34.2 Å². The Morgan fingerprint density at radius 2 is 2.42 bits per heavy atom. The van der Waals surface area contributed by atoms with Crippen molar-refractivity contribution in [2.45, 2.75) is 13.0 Å². The molecule has 0 aromatic carbocycles. The second kappa shape index (κ2) is 5.05. The maximum atomic E-state index is 12.1. The number of carbonyl (C=O) groups excluding carboxylic acids is 1. The molecule has 1 aliphatic heterocycles. The number of anilines is 1. The lowest BCUT2D eigenvalue weighted by Crippen LogP contribution is -2.38. The first-order valence-corrected chi connectivity index (χ1v) is 7.17. The first-order valence-electron chi connectivity index (χ1n) is 6.29. The summed E-state index contributed by atoms with van der Waals surface area (Å²) in [6, 6.07) is 3.98. The zero-order valence-corrected chi connectivity index (χ0v) is 11.6. The van der Waals surface area contributed by atoms with Crippen LogP contribution in [0, 0.1) is 0 Å². The molecule has 1 amide bonds. The van der Waals surface area contributed by atoms with Crippen LogP contribution in [0.2, 0.25) is 0 Å². The normalized spacial score (nSPS) is 14.3. The standard InChI is InChI=1S/C13H16N4OS/c1-16-5-3-12(15-16)14-8-13(18)17-6-2-11-10(9-17)4-7-19-11/h3-5,7H,2,6,8-9H2,1H3,(H,14,15). The second-order valence-electron chi connectivity index (χ2n) is 4.66. The third kappa shape index (κ3) is 2.63. The molecule has 1 N–H and O–H groups in total. The number of fused-ring (bicyclic) bond motifs is 1. The minimum Gasteiger partial charge on any atom is -0.360 e. The number of nitrogens with zero attached hydrogens (tertiary/aromatic N) is 3. The number of thiophene rings is 1. The van der Waals surface area contributed by atoms with Crippen molar-refractivity contribution >= 4 is 23.1 Å². The van der Waals surface area contributed by atoms with Gasteiger partial charge in [-0.1, -0.05) is 0 Å². The molecule has 3 rings (SSSR count). The molecule has 2 aromatic rings. The Labute approximate surface area is 115 Å². The molecule has 100 valence electrons. The van der Waals surface area contributed by atoms with E-state index in [1.807, 2.05) is 24.2 Å². The highest BCUT2D eigenvalue weighted by atomic mass is 32.1. The lowest BCUT2D eigenvalue weighted by Gasteiger charge is -2.27. The Bertz CT molecular complexity index is 589. The topological polar surface area (TPSA) is 50.2 Å². The SMILES string of the molecule is Cn1ccc(NCC(=O)N2CCc3sccc3C2)n1. The Hall–Kier alpha value is -1.82. The van der Waals surface area contributed by atoms with Gasteiger partial charge in [-0.25, -0.2) is 0 Å². The lowest BCUT2D eigenvalue weighted by atomic mass is 10.1. The molecule has 0 saturated heterocycles. The first kappa shape index (κ1) is 12.2. The van der Waals surface area contributed by atoms with Crippen LogP contribution in [0.4, 0.5) is 5.82 Å². The van der Waals surface area contributed by atoms with Gasteiger partial charge in [0.25, 0.3) is 0 Å². The molecule has 0 bridgehead atoms. The number of aromatic nitrogens is 2. The van der Waals surface area contributed by atoms with Crippen LogP contribution in [0.1, 0.15) is 10.4 Å². The smallest absolute Gasteiger partial charge is 0.242 e. The Morgan fingerprint density at radius 3 is 3.21 bits per heavy atom. The predicted molar refractivity (Wildman–Crippen MR) is 75.1 cm³/mol. The third-order valence-electron chi connectivity index (χ3n) is 3.29. The molecular formula is C13H16N4OS. The van der Waals surface area contributed by atoms with E-state index < -0.39 is 0 Å². The molecule has 0 fully saturated rings. The number of rotatable bonds is 3. The molecule has 1 aliphatic rings. The van der Waals surface area contributed by atoms with Crippen LogP contribution in [0.5, 0.6) is 0 Å². The Kier molecular flexibility index (Phi) is 3.25. The summed E-state index contributed by atoms with van der Waals surface area (Å²) in [5, 5.41) is 9.35. The van der Waals surface area contributed by atoms with Crippen LogP contribution < -0.4 is 5.32 Å². The van der Waals surface area contributed by atoms with Gasteiger partial charge in [-0.2, -0.15) is 5.10 Å². The van der Waals surface area contributed by atoms with Gasteiger partial charge < -0.3 is 10.2 Å². The zero-order valence-electron chi connectivity index (χ0n) is 10.8. The molecule has 2 aromatic heterocycles. The van der Waals surface area contributed by atoms with Gasteiger partial charge in [0.2, 0.25) is 5.91 Å². The van der Waals surface area contributed by atoms with E-state index in [1.165, 1.54) is 10.4 Å². The van der Waals surface area contributed by atoms with E-state index in [2.05, 4.69) is 21.9 Å². The fourth-order valence-electron chi connectivity index (χ4n) is 2.25. The molecule has 3 heterocycles. The highest BCUT2D eigenvalue weighted by molar-refractivity contribution is 7.10. The Balaban J connectivity index is 1.57. The molecule has 0 radical (unpaired) electrons. The quantitative estimate of drug-likeness (QED) is 0.924. The summed E-state index contributed by atoms with van der Waals surface area (Å²) in [5.41, 5.74) is 1.29. The van der Waals surface area contributed by atoms with E-state index in [9.17, 15) is 4.79 Å². The van der Waals surface area contributed by atoms with Gasteiger partial charge in [0.05, 0.1) is 6.54 Å². The van der Waals surface area contributed by atoms with Gasteiger partial charge in [-0.3, -0.25) is 9.48 Å². The number of carbonyl (C=O) groups is 1. The number of aryl methyl sites for hydroxylation is 1. The Morgan fingerprint density at radius 1 is 1.53 bits per heavy atom. The molecule has 0 saturated carbocycles. The van der Waals surface area contributed by atoms with Crippen molar-refractivity contribution in [2.24, 2.45) is 7.05 Å². The van der Waals surface area contributed by atoms with Crippen molar-refractivity contribution in [1.82, 2.24) is 14.7 Å². The molecule has 0 atom stereocenters. The van der Waals surface area contributed by atoms with E-state index in [1.54, 1.807) is 16.0 Å². The van der Waals surface area contributed by atoms with Gasteiger partial charge >= 0.3 is 0 Å². The molecule has 0 spiro atoms. The summed E-state index contributed by atoms with van der Waals surface area (Å²) in [7, 11) is 1.86. The second-order valence-corrected chi connectivity index (χ2v) is 5.66. The first-order chi connectivity index (χ1) is 9.22. The van der Waals surface area contributed by atoms with Crippen LogP contribution in [0.3, 0.4) is 0 Å². The maximum Gasteiger partial charge on any atom is 0.242 e. The van der Waals surface area contributed by atoms with Crippen molar-refractivity contribution < 1.29 is 4.79 Å². The van der Waals surface area contributed by atoms with Crippen LogP contribution >= 0.6 is 11.3 Å². The van der Waals surface area contributed by atoms with Gasteiger partial charge in [0.1, 0.15) is 5.82 Å². The van der Waals surface area contributed by atoms with Crippen LogP contribution in [0.25, 0.3) is 0 Å². The van der Waals surface area contributed by atoms with Gasteiger partial charge in [0.15, 0.2) is 0 Å². The highest BCUT2D eigenvalue weighted by Gasteiger charge is 2.21. The van der Waals surface area contributed by atoms with E-state index in [0.717, 1.165) is 25.3 Å². The molecule has 6 heteroatoms. The monoisotopic (exact) mass is 276 g/mol.